The van der Waals surface area contributed by atoms with Gasteiger partial charge in [-0.05, 0) is 0 Å². The zero-order valence-corrected chi connectivity index (χ0v) is 2.31. The molecule has 2 nitrogen and oxygen atoms in total. The first-order valence-corrected chi connectivity index (χ1v) is 1.00. The Morgan fingerprint density at radius 1 is 1.50 bits per heavy atom. The second-order valence-electron chi connectivity index (χ2n) is 0.577. The predicted molar refractivity (Wildman–Crippen MR) is 19.9 cm³/mol. The summed E-state index contributed by atoms with van der Waals surface area (Å²) in [6.07, 6.45) is 0. The number of rotatable bonds is 0. The molecule has 0 aromatic rings. The van der Waals surface area contributed by atoms with Crippen LogP contribution in [0.1, 0.15) is 0 Å². The molecule has 0 bridgehead atoms. The fourth-order valence-electron chi connectivity index (χ4n) is 0. The van der Waals surface area contributed by atoms with Crippen molar-refractivity contribution in [2.24, 2.45) is 11.3 Å². The Kier molecular flexibility index (Phi) is 1.39. The van der Waals surface area contributed by atoms with Crippen molar-refractivity contribution in [3.8, 4) is 0 Å². The van der Waals surface area contributed by atoms with Gasteiger partial charge < -0.3 is 11.3 Å². The Balaban J connectivity index is 2.32. The van der Waals surface area contributed by atoms with Crippen molar-refractivity contribution in [1.29, 1.82) is 0 Å². The highest BCUT2D eigenvalue weighted by molar-refractivity contribution is 6.99. The summed E-state index contributed by atoms with van der Waals surface area (Å²) in [5.74, 6) is 0. The van der Waals surface area contributed by atoms with Gasteiger partial charge in [0, 0.05) is 0 Å². The van der Waals surface area contributed by atoms with E-state index in [1.165, 1.54) is 0 Å². The topological polar surface area (TPSA) is 52.0 Å². The highest BCUT2D eigenvalue weighted by Gasteiger charge is 1.77. The molecule has 0 saturated heterocycles. The van der Waals surface area contributed by atoms with Crippen LogP contribution in [0.2, 0.25) is 0 Å². The van der Waals surface area contributed by atoms with Crippen molar-refractivity contribution < 1.29 is 0 Å². The summed E-state index contributed by atoms with van der Waals surface area (Å²) in [4.78, 5) is 0. The average molecular weight is 53.7 g/mol. The Bertz CT molecular complexity index is 8.75. The van der Waals surface area contributed by atoms with Gasteiger partial charge in [0.2, 0.25) is 6.87 Å². The Hall–Kier alpha value is 0.0499. The second kappa shape index (κ2) is 1.38. The minimum atomic E-state index is -0.667. The van der Waals surface area contributed by atoms with E-state index in [0.29, 0.717) is 0 Å². The molecule has 0 aromatic heterocycles. The predicted octanol–water partition coefficient (Wildman–Crippen LogP) is -1.94. The van der Waals surface area contributed by atoms with Crippen molar-refractivity contribution in [2.45, 2.75) is 0 Å². The smallest absolute Gasteiger partial charge is 0.239 e. The van der Waals surface area contributed by atoms with Crippen LogP contribution < -0.4 is 11.3 Å². The summed E-state index contributed by atoms with van der Waals surface area (Å²) in [6, 6.07) is 0. The maximum absolute atomic E-state index is 4.67. The van der Waals surface area contributed by atoms with E-state index in [-0.39, 0.29) is 0 Å². The molecule has 4 heteroatoms. The molecular formula is H4B2N2. The van der Waals surface area contributed by atoms with Gasteiger partial charge in [-0.3, -0.25) is 0 Å². The minimum absolute atomic E-state index is 0.667. The van der Waals surface area contributed by atoms with E-state index >= 15 is 0 Å². The molecule has 0 atom stereocenters. The fraction of sp³-hybridized carbons (Fsp3) is 0. The van der Waals surface area contributed by atoms with E-state index in [1.54, 1.807) is 0 Å². The van der Waals surface area contributed by atoms with Gasteiger partial charge in [-0.2, -0.15) is 0 Å². The van der Waals surface area contributed by atoms with Gasteiger partial charge in [0.25, 0.3) is 0 Å². The molecule has 0 aliphatic carbocycles. The molecule has 0 aliphatic heterocycles. The van der Waals surface area contributed by atoms with Crippen molar-refractivity contribution in [3.05, 3.63) is 0 Å². The minimum Gasteiger partial charge on any atom is -0.363 e. The van der Waals surface area contributed by atoms with Crippen LogP contribution in [0.3, 0.4) is 0 Å². The lowest BCUT2D eigenvalue weighted by molar-refractivity contribution is 1.73. The van der Waals surface area contributed by atoms with Gasteiger partial charge in [0.15, 0.2) is 0 Å². The molecule has 0 aliphatic rings. The molecule has 4 N–H and O–H groups in total. The van der Waals surface area contributed by atoms with Crippen LogP contribution in [0.4, 0.5) is 0 Å². The van der Waals surface area contributed by atoms with E-state index in [2.05, 4.69) is 19.0 Å². The highest BCUT2D eigenvalue weighted by Crippen LogP contribution is 1.18. The number of nitrogens with two attached hydrogens (primary N) is 2. The monoisotopic (exact) mass is 54.1 g/mol. The summed E-state index contributed by atoms with van der Waals surface area (Å²) < 4.78 is 0. The summed E-state index contributed by atoms with van der Waals surface area (Å²) in [5, 5.41) is 0. The van der Waals surface area contributed by atoms with Crippen molar-refractivity contribution in [1.82, 2.24) is 0 Å². The van der Waals surface area contributed by atoms with E-state index in [9.17, 15) is 0 Å². The largest absolute Gasteiger partial charge is 0.363 e. The first kappa shape index (κ1) is 4.05. The lowest BCUT2D eigenvalue weighted by atomic mass is 9.56. The maximum Gasteiger partial charge on any atom is 0.239 e. The first-order chi connectivity index (χ1) is 1.73. The Labute approximate surface area is 27.1 Å². The average Bonchev–Trinajstić information content (AvgIpc) is 0.811. The lowest BCUT2D eigenvalue weighted by Crippen LogP contribution is -2.37. The summed E-state index contributed by atoms with van der Waals surface area (Å²) in [7, 11) is 4.67. The molecule has 0 saturated carbocycles. The third-order valence-electron chi connectivity index (χ3n) is 0. The molecule has 0 aromatic carbocycles. The number of hydrogen-bond acceptors (Lipinski definition) is 2. The standard InChI is InChI=1S/B2H4N2/c1-2(3)4/h3-4H2. The third-order valence-corrected chi connectivity index (χ3v) is 0. The maximum atomic E-state index is 4.67. The summed E-state index contributed by atoms with van der Waals surface area (Å²) >= 11 is 0. The van der Waals surface area contributed by atoms with Crippen LogP contribution in [0.15, 0.2) is 0 Å². The normalized spacial score (nSPS) is 6.50. The van der Waals surface area contributed by atoms with E-state index < -0.39 is 6.87 Å². The van der Waals surface area contributed by atoms with Gasteiger partial charge in [0.05, 0.1) is 7.74 Å². The van der Waals surface area contributed by atoms with Gasteiger partial charge in [-0.15, -0.1) is 0 Å². The third kappa shape index (κ3) is 908. The zero-order valence-electron chi connectivity index (χ0n) is 2.31. The molecule has 0 heterocycles. The first-order valence-electron chi connectivity index (χ1n) is 1.00. The van der Waals surface area contributed by atoms with Crippen LogP contribution in [0.5, 0.6) is 0 Å². The molecular weight excluding hydrogens is 49.6 g/mol. The van der Waals surface area contributed by atoms with Crippen molar-refractivity contribution in [2.75, 3.05) is 0 Å². The lowest BCUT2D eigenvalue weighted by Gasteiger charge is -1.75. The van der Waals surface area contributed by atoms with Crippen LogP contribution in [0.25, 0.3) is 0 Å². The second-order valence-corrected chi connectivity index (χ2v) is 0.577. The Morgan fingerprint density at radius 3 is 1.50 bits per heavy atom. The fourth-order valence-corrected chi connectivity index (χ4v) is 0. The quantitative estimate of drug-likeness (QED) is 0.316. The van der Waals surface area contributed by atoms with Crippen LogP contribution in [-0.4, -0.2) is 14.6 Å². The van der Waals surface area contributed by atoms with Gasteiger partial charge in [0.1, 0.15) is 0 Å². The van der Waals surface area contributed by atoms with Crippen LogP contribution in [0, 0.1) is 0 Å². The van der Waals surface area contributed by atoms with E-state index in [4.69, 9.17) is 0 Å². The van der Waals surface area contributed by atoms with Gasteiger partial charge in [-0.25, -0.2) is 0 Å². The molecule has 20 valence electrons. The summed E-state index contributed by atoms with van der Waals surface area (Å²) in [5.41, 5.74) is 9.33. The van der Waals surface area contributed by atoms with Crippen molar-refractivity contribution >= 4 is 14.6 Å². The van der Waals surface area contributed by atoms with Crippen LogP contribution >= 0.6 is 0 Å². The zero-order chi connectivity index (χ0) is 3.58. The summed E-state index contributed by atoms with van der Waals surface area (Å²) in [6.45, 7) is -0.667. The SMILES string of the molecule is [B]B(N)N. The van der Waals surface area contributed by atoms with Crippen LogP contribution in [-0.2, 0) is 0 Å². The highest BCUT2D eigenvalue weighted by atomic mass is 14.6. The molecule has 0 amide bonds. The van der Waals surface area contributed by atoms with Gasteiger partial charge >= 0.3 is 0 Å². The van der Waals surface area contributed by atoms with Gasteiger partial charge in [-0.1, -0.05) is 0 Å². The molecule has 0 rings (SSSR count). The van der Waals surface area contributed by atoms with Crippen molar-refractivity contribution in [3.63, 3.8) is 0 Å². The molecule has 0 unspecified atom stereocenters. The molecule has 0 fully saturated rings. The van der Waals surface area contributed by atoms with E-state index in [1.807, 2.05) is 0 Å². The van der Waals surface area contributed by atoms with E-state index in [0.717, 1.165) is 0 Å². The molecule has 2 radical (unpaired) electrons. The number of hydrogen-bond donors (Lipinski definition) is 2. The Morgan fingerprint density at radius 2 is 1.50 bits per heavy atom. The molecule has 4 heavy (non-hydrogen) atoms. The molecule has 0 spiro atoms.